The number of carbonyl (C=O) groups is 1. The molecule has 0 aliphatic carbocycles. The number of aromatic nitrogens is 4. The third-order valence-electron chi connectivity index (χ3n) is 2.25. The van der Waals surface area contributed by atoms with Crippen LogP contribution in [0.15, 0.2) is 30.3 Å². The summed E-state index contributed by atoms with van der Waals surface area (Å²) in [5.41, 5.74) is 0.996. The van der Waals surface area contributed by atoms with Crippen LogP contribution in [0.3, 0.4) is 0 Å². The van der Waals surface area contributed by atoms with E-state index in [9.17, 15) is 4.79 Å². The molecule has 3 N–H and O–H groups in total. The Labute approximate surface area is 96.9 Å². The van der Waals surface area contributed by atoms with E-state index >= 15 is 0 Å². The van der Waals surface area contributed by atoms with Crippen molar-refractivity contribution in [1.29, 1.82) is 0 Å². The molecule has 1 atom stereocenters. The van der Waals surface area contributed by atoms with Gasteiger partial charge >= 0.3 is 6.09 Å². The van der Waals surface area contributed by atoms with E-state index < -0.39 is 12.1 Å². The van der Waals surface area contributed by atoms with Crippen LogP contribution in [0.1, 0.15) is 17.4 Å². The molecular weight excluding hydrogens is 222 g/mol. The quantitative estimate of drug-likeness (QED) is 0.722. The highest BCUT2D eigenvalue weighted by atomic mass is 16.4. The van der Waals surface area contributed by atoms with E-state index in [0.29, 0.717) is 12.2 Å². The van der Waals surface area contributed by atoms with Crippen LogP contribution in [-0.2, 0) is 6.42 Å². The minimum absolute atomic E-state index is 0.330. The van der Waals surface area contributed by atoms with Crippen LogP contribution in [0.2, 0.25) is 0 Å². The molecule has 0 saturated carbocycles. The number of nitrogens with one attached hydrogen (secondary N) is 2. The van der Waals surface area contributed by atoms with Gasteiger partial charge < -0.3 is 10.4 Å². The highest BCUT2D eigenvalue weighted by molar-refractivity contribution is 5.65. The van der Waals surface area contributed by atoms with Crippen molar-refractivity contribution in [1.82, 2.24) is 25.9 Å². The summed E-state index contributed by atoms with van der Waals surface area (Å²) in [5, 5.41) is 24.4. The van der Waals surface area contributed by atoms with Crippen LogP contribution in [0.25, 0.3) is 0 Å². The van der Waals surface area contributed by atoms with Gasteiger partial charge in [0.1, 0.15) is 6.04 Å². The predicted molar refractivity (Wildman–Crippen MR) is 58.2 cm³/mol. The molecule has 1 heterocycles. The molecule has 7 heteroatoms. The molecule has 2 rings (SSSR count). The van der Waals surface area contributed by atoms with Crippen LogP contribution >= 0.6 is 0 Å². The summed E-state index contributed by atoms with van der Waals surface area (Å²) in [6.45, 7) is 0. The van der Waals surface area contributed by atoms with Gasteiger partial charge in [0, 0.05) is 6.42 Å². The number of hydrogen-bond donors (Lipinski definition) is 3. The maximum Gasteiger partial charge on any atom is 0.405 e. The Balaban J connectivity index is 2.14. The SMILES string of the molecule is O=C(O)NC(Cc1ccccc1)c1nn[nH]n1. The van der Waals surface area contributed by atoms with E-state index in [1.54, 1.807) is 0 Å². The van der Waals surface area contributed by atoms with Crippen molar-refractivity contribution in [2.75, 3.05) is 0 Å². The Morgan fingerprint density at radius 3 is 2.76 bits per heavy atom. The lowest BCUT2D eigenvalue weighted by molar-refractivity contribution is 0.189. The summed E-state index contributed by atoms with van der Waals surface area (Å²) in [7, 11) is 0. The second-order valence-corrected chi connectivity index (χ2v) is 3.46. The molecule has 2 aromatic rings. The Morgan fingerprint density at radius 2 is 2.18 bits per heavy atom. The zero-order valence-electron chi connectivity index (χ0n) is 8.87. The zero-order chi connectivity index (χ0) is 12.1. The van der Waals surface area contributed by atoms with Crippen molar-refractivity contribution in [3.05, 3.63) is 41.7 Å². The van der Waals surface area contributed by atoms with Crippen LogP contribution < -0.4 is 5.32 Å². The molecule has 0 fully saturated rings. The molecule has 0 saturated heterocycles. The van der Waals surface area contributed by atoms with Gasteiger partial charge in [-0.05, 0) is 5.56 Å². The maximum atomic E-state index is 10.7. The number of amides is 1. The fourth-order valence-electron chi connectivity index (χ4n) is 1.52. The Hall–Kier alpha value is -2.44. The van der Waals surface area contributed by atoms with Crippen LogP contribution in [-0.4, -0.2) is 31.8 Å². The molecule has 17 heavy (non-hydrogen) atoms. The molecule has 1 aromatic carbocycles. The van der Waals surface area contributed by atoms with E-state index in [-0.39, 0.29) is 0 Å². The van der Waals surface area contributed by atoms with Gasteiger partial charge in [-0.2, -0.15) is 5.21 Å². The first-order chi connectivity index (χ1) is 8.25. The van der Waals surface area contributed by atoms with Gasteiger partial charge in [0.2, 0.25) is 0 Å². The third kappa shape index (κ3) is 3.00. The van der Waals surface area contributed by atoms with Crippen molar-refractivity contribution in [2.24, 2.45) is 0 Å². The van der Waals surface area contributed by atoms with Crippen molar-refractivity contribution in [2.45, 2.75) is 12.5 Å². The van der Waals surface area contributed by atoms with Crippen LogP contribution in [0, 0.1) is 0 Å². The Kier molecular flexibility index (Phi) is 3.29. The summed E-state index contributed by atoms with van der Waals surface area (Å²) in [4.78, 5) is 10.7. The van der Waals surface area contributed by atoms with Crippen molar-refractivity contribution >= 4 is 6.09 Å². The summed E-state index contributed by atoms with van der Waals surface area (Å²) in [6.07, 6.45) is -0.636. The topological polar surface area (TPSA) is 104 Å². The third-order valence-corrected chi connectivity index (χ3v) is 2.25. The Morgan fingerprint density at radius 1 is 1.41 bits per heavy atom. The smallest absolute Gasteiger partial charge is 0.405 e. The van der Waals surface area contributed by atoms with E-state index in [0.717, 1.165) is 5.56 Å². The van der Waals surface area contributed by atoms with E-state index in [1.165, 1.54) is 0 Å². The number of benzene rings is 1. The van der Waals surface area contributed by atoms with Gasteiger partial charge in [-0.1, -0.05) is 35.5 Å². The lowest BCUT2D eigenvalue weighted by Crippen LogP contribution is -2.29. The number of aromatic amines is 1. The summed E-state index contributed by atoms with van der Waals surface area (Å²) < 4.78 is 0. The standard InChI is InChI=1S/C10H11N5O2/c16-10(17)11-8(9-12-14-15-13-9)6-7-4-2-1-3-5-7/h1-5,8,11H,6H2,(H,16,17)(H,12,13,14,15). The number of hydrogen-bond acceptors (Lipinski definition) is 4. The normalized spacial score (nSPS) is 12.0. The lowest BCUT2D eigenvalue weighted by atomic mass is 10.1. The second-order valence-electron chi connectivity index (χ2n) is 3.46. The van der Waals surface area contributed by atoms with Crippen molar-refractivity contribution in [3.63, 3.8) is 0 Å². The predicted octanol–water partition coefficient (Wildman–Crippen LogP) is 0.751. The summed E-state index contributed by atoms with van der Waals surface area (Å²) in [6, 6.07) is 9.01. The molecule has 1 unspecified atom stereocenters. The number of H-pyrrole nitrogens is 1. The number of tetrazole rings is 1. The minimum atomic E-state index is -1.12. The molecule has 0 spiro atoms. The highest BCUT2D eigenvalue weighted by Crippen LogP contribution is 2.13. The van der Waals surface area contributed by atoms with Crippen LogP contribution in [0.4, 0.5) is 4.79 Å². The molecule has 0 aliphatic heterocycles. The van der Waals surface area contributed by atoms with Gasteiger partial charge in [0.15, 0.2) is 5.82 Å². The molecule has 0 radical (unpaired) electrons. The second kappa shape index (κ2) is 5.06. The molecular formula is C10H11N5O2. The number of carboxylic acid groups (broad SMARTS) is 1. The van der Waals surface area contributed by atoms with Gasteiger partial charge in [-0.3, -0.25) is 0 Å². The maximum absolute atomic E-state index is 10.7. The molecule has 0 bridgehead atoms. The van der Waals surface area contributed by atoms with Gasteiger partial charge in [0.05, 0.1) is 0 Å². The fourth-order valence-corrected chi connectivity index (χ4v) is 1.52. The molecule has 88 valence electrons. The largest absolute Gasteiger partial charge is 0.465 e. The number of rotatable bonds is 4. The van der Waals surface area contributed by atoms with E-state index in [4.69, 9.17) is 5.11 Å². The monoisotopic (exact) mass is 233 g/mol. The first kappa shape index (κ1) is 11.1. The average Bonchev–Trinajstić information content (AvgIpc) is 2.82. The van der Waals surface area contributed by atoms with Crippen molar-refractivity contribution < 1.29 is 9.90 Å². The van der Waals surface area contributed by atoms with Crippen molar-refractivity contribution in [3.8, 4) is 0 Å². The van der Waals surface area contributed by atoms with Crippen LogP contribution in [0.5, 0.6) is 0 Å². The fraction of sp³-hybridized carbons (Fsp3) is 0.200. The van der Waals surface area contributed by atoms with E-state index in [1.807, 2.05) is 30.3 Å². The number of nitrogens with zero attached hydrogens (tertiary/aromatic N) is 3. The molecule has 0 aliphatic rings. The summed E-state index contributed by atoms with van der Waals surface area (Å²) in [5.74, 6) is 0.330. The highest BCUT2D eigenvalue weighted by Gasteiger charge is 2.18. The minimum Gasteiger partial charge on any atom is -0.465 e. The molecule has 1 amide bonds. The van der Waals surface area contributed by atoms with E-state index in [2.05, 4.69) is 25.9 Å². The van der Waals surface area contributed by atoms with Gasteiger partial charge in [-0.15, -0.1) is 10.2 Å². The first-order valence-corrected chi connectivity index (χ1v) is 5.02. The zero-order valence-corrected chi connectivity index (χ0v) is 8.87. The van der Waals surface area contributed by atoms with Gasteiger partial charge in [0.25, 0.3) is 0 Å². The molecule has 1 aromatic heterocycles. The molecule has 7 nitrogen and oxygen atoms in total. The summed E-state index contributed by atoms with van der Waals surface area (Å²) >= 11 is 0. The Bertz CT molecular complexity index is 471. The average molecular weight is 233 g/mol. The first-order valence-electron chi connectivity index (χ1n) is 5.02. The lowest BCUT2D eigenvalue weighted by Gasteiger charge is -2.12. The van der Waals surface area contributed by atoms with Gasteiger partial charge in [-0.25, -0.2) is 4.79 Å².